The molecule has 0 fully saturated rings. The third-order valence-electron chi connectivity index (χ3n) is 3.31. The Morgan fingerprint density at radius 2 is 2.00 bits per heavy atom. The Balaban J connectivity index is 2.57. The number of rotatable bonds is 5. The molecule has 0 bridgehead atoms. The molecule has 4 nitrogen and oxygen atoms in total. The summed E-state index contributed by atoms with van der Waals surface area (Å²) in [6.45, 7) is 14.3. The van der Waals surface area contributed by atoms with E-state index in [1.165, 1.54) is 0 Å². The van der Waals surface area contributed by atoms with Gasteiger partial charge in [-0.1, -0.05) is 27.4 Å². The number of fused-ring (bicyclic) bond motifs is 1. The van der Waals surface area contributed by atoms with Gasteiger partial charge in [0.25, 0.3) is 0 Å². The predicted molar refractivity (Wildman–Crippen MR) is 91.2 cm³/mol. The first-order chi connectivity index (χ1) is 10.7. The molecule has 0 spiro atoms. The maximum absolute atomic E-state index is 12.4. The monoisotopic (exact) mass is 316 g/mol. The summed E-state index contributed by atoms with van der Waals surface area (Å²) < 4.78 is 16.8. The van der Waals surface area contributed by atoms with Crippen molar-refractivity contribution >= 4 is 16.9 Å². The summed E-state index contributed by atoms with van der Waals surface area (Å²) in [6.07, 6.45) is 0. The van der Waals surface area contributed by atoms with Crippen molar-refractivity contribution < 1.29 is 18.7 Å². The zero-order valence-electron chi connectivity index (χ0n) is 14.5. The van der Waals surface area contributed by atoms with Gasteiger partial charge >= 0.3 is 5.97 Å². The molecule has 0 N–H and O–H groups in total. The van der Waals surface area contributed by atoms with Gasteiger partial charge < -0.3 is 13.9 Å². The van der Waals surface area contributed by atoms with Crippen LogP contribution in [0.4, 0.5) is 0 Å². The molecule has 23 heavy (non-hydrogen) atoms. The lowest BCUT2D eigenvalue weighted by Crippen LogP contribution is -2.16. The summed E-state index contributed by atoms with van der Waals surface area (Å²) in [5.41, 5.74) is 1.76. The van der Waals surface area contributed by atoms with E-state index in [2.05, 4.69) is 6.58 Å². The molecule has 2 aromatic rings. The molecule has 0 aliphatic heterocycles. The maximum Gasteiger partial charge on any atom is 0.342 e. The fourth-order valence-electron chi connectivity index (χ4n) is 2.31. The van der Waals surface area contributed by atoms with Gasteiger partial charge in [0.1, 0.15) is 29.3 Å². The maximum atomic E-state index is 12.4. The normalized spacial score (nSPS) is 11.5. The lowest BCUT2D eigenvalue weighted by molar-refractivity contribution is 0.0523. The van der Waals surface area contributed by atoms with E-state index in [1.54, 1.807) is 6.92 Å². The van der Waals surface area contributed by atoms with E-state index in [0.29, 0.717) is 41.3 Å². The first-order valence-electron chi connectivity index (χ1n) is 7.75. The molecular formula is C19H24O4. The summed E-state index contributed by atoms with van der Waals surface area (Å²) in [5.74, 6) is 0.934. The third kappa shape index (κ3) is 3.76. The Hall–Kier alpha value is -2.23. The highest BCUT2D eigenvalue weighted by molar-refractivity contribution is 6.05. The highest BCUT2D eigenvalue weighted by Gasteiger charge is 2.30. The molecule has 124 valence electrons. The molecule has 1 aromatic heterocycles. The SMILES string of the molecule is C=C(C)COc1ccc2oc(C(C)(C)C)c(C(=O)OCC)c2c1. The average molecular weight is 316 g/mol. The van der Waals surface area contributed by atoms with Crippen molar-refractivity contribution in [1.82, 2.24) is 0 Å². The molecule has 2 rings (SSSR count). The van der Waals surface area contributed by atoms with Crippen molar-refractivity contribution in [3.63, 3.8) is 0 Å². The first-order valence-corrected chi connectivity index (χ1v) is 7.75. The second kappa shape index (κ2) is 6.49. The molecule has 0 saturated heterocycles. The van der Waals surface area contributed by atoms with Crippen LogP contribution >= 0.6 is 0 Å². The number of esters is 1. The van der Waals surface area contributed by atoms with Gasteiger partial charge in [-0.15, -0.1) is 0 Å². The lowest BCUT2D eigenvalue weighted by Gasteiger charge is -2.16. The second-order valence-corrected chi connectivity index (χ2v) is 6.68. The van der Waals surface area contributed by atoms with Gasteiger partial charge in [0, 0.05) is 10.8 Å². The van der Waals surface area contributed by atoms with Gasteiger partial charge in [-0.05, 0) is 37.6 Å². The minimum Gasteiger partial charge on any atom is -0.489 e. The predicted octanol–water partition coefficient (Wildman–Crippen LogP) is 4.86. The van der Waals surface area contributed by atoms with Crippen LogP contribution in [0.15, 0.2) is 34.8 Å². The van der Waals surface area contributed by atoms with Crippen LogP contribution in [-0.4, -0.2) is 19.2 Å². The molecule has 0 amide bonds. The summed E-state index contributed by atoms with van der Waals surface area (Å²) in [7, 11) is 0. The number of ether oxygens (including phenoxy) is 2. The fourth-order valence-corrected chi connectivity index (χ4v) is 2.31. The minimum atomic E-state index is -0.367. The number of hydrogen-bond acceptors (Lipinski definition) is 4. The quantitative estimate of drug-likeness (QED) is 0.584. The van der Waals surface area contributed by atoms with Gasteiger partial charge in [0.2, 0.25) is 0 Å². The third-order valence-corrected chi connectivity index (χ3v) is 3.31. The number of benzene rings is 1. The summed E-state index contributed by atoms with van der Waals surface area (Å²) in [5, 5.41) is 0.715. The zero-order valence-corrected chi connectivity index (χ0v) is 14.5. The van der Waals surface area contributed by atoms with Crippen molar-refractivity contribution in [2.45, 2.75) is 40.0 Å². The Morgan fingerprint density at radius 1 is 1.30 bits per heavy atom. The zero-order chi connectivity index (χ0) is 17.2. The van der Waals surface area contributed by atoms with Gasteiger partial charge in [-0.3, -0.25) is 0 Å². The number of carbonyl (C=O) groups excluding carboxylic acids is 1. The van der Waals surface area contributed by atoms with E-state index < -0.39 is 0 Å². The van der Waals surface area contributed by atoms with Crippen molar-refractivity contribution in [3.05, 3.63) is 41.7 Å². The lowest BCUT2D eigenvalue weighted by atomic mass is 9.89. The Morgan fingerprint density at radius 3 is 2.57 bits per heavy atom. The van der Waals surface area contributed by atoms with Crippen LogP contribution in [0.1, 0.15) is 50.7 Å². The smallest absolute Gasteiger partial charge is 0.342 e. The molecule has 4 heteroatoms. The standard InChI is InChI=1S/C19H24O4/c1-7-21-18(20)16-14-10-13(22-11-12(2)3)8-9-15(14)23-17(16)19(4,5)6/h8-10H,2,7,11H2,1,3-6H3. The van der Waals surface area contributed by atoms with Crippen molar-refractivity contribution in [3.8, 4) is 5.75 Å². The van der Waals surface area contributed by atoms with E-state index in [-0.39, 0.29) is 11.4 Å². The van der Waals surface area contributed by atoms with Gasteiger partial charge in [-0.2, -0.15) is 0 Å². The molecule has 0 unspecified atom stereocenters. The number of carbonyl (C=O) groups is 1. The summed E-state index contributed by atoms with van der Waals surface area (Å²) in [4.78, 5) is 12.4. The van der Waals surface area contributed by atoms with Crippen LogP contribution < -0.4 is 4.74 Å². The molecule has 0 aliphatic rings. The largest absolute Gasteiger partial charge is 0.489 e. The van der Waals surface area contributed by atoms with E-state index in [0.717, 1.165) is 5.57 Å². The van der Waals surface area contributed by atoms with Crippen molar-refractivity contribution in [1.29, 1.82) is 0 Å². The highest BCUT2D eigenvalue weighted by Crippen LogP contribution is 2.36. The van der Waals surface area contributed by atoms with E-state index in [1.807, 2.05) is 45.9 Å². The number of furan rings is 1. The van der Waals surface area contributed by atoms with Crippen LogP contribution in [0.25, 0.3) is 11.0 Å². The van der Waals surface area contributed by atoms with Crippen molar-refractivity contribution in [2.24, 2.45) is 0 Å². The van der Waals surface area contributed by atoms with E-state index in [4.69, 9.17) is 13.9 Å². The number of hydrogen-bond donors (Lipinski definition) is 0. The fraction of sp³-hybridized carbons (Fsp3) is 0.421. The molecule has 1 aromatic carbocycles. The Kier molecular flexibility index (Phi) is 4.83. The Bertz CT molecular complexity index is 732. The summed E-state index contributed by atoms with van der Waals surface area (Å²) >= 11 is 0. The second-order valence-electron chi connectivity index (χ2n) is 6.68. The molecule has 0 atom stereocenters. The minimum absolute atomic E-state index is 0.306. The van der Waals surface area contributed by atoms with Crippen LogP contribution in [0.5, 0.6) is 5.75 Å². The van der Waals surface area contributed by atoms with Gasteiger partial charge in [0.15, 0.2) is 0 Å². The van der Waals surface area contributed by atoms with E-state index in [9.17, 15) is 4.79 Å². The Labute approximate surface area is 137 Å². The molecule has 0 aliphatic carbocycles. The molecule has 0 saturated carbocycles. The first kappa shape index (κ1) is 17.1. The molecular weight excluding hydrogens is 292 g/mol. The van der Waals surface area contributed by atoms with Gasteiger partial charge in [-0.25, -0.2) is 4.79 Å². The van der Waals surface area contributed by atoms with Crippen LogP contribution in [0, 0.1) is 0 Å². The topological polar surface area (TPSA) is 48.7 Å². The molecule has 1 heterocycles. The highest BCUT2D eigenvalue weighted by atomic mass is 16.5. The van der Waals surface area contributed by atoms with E-state index >= 15 is 0 Å². The summed E-state index contributed by atoms with van der Waals surface area (Å²) in [6, 6.07) is 5.47. The van der Waals surface area contributed by atoms with Crippen LogP contribution in [-0.2, 0) is 10.2 Å². The van der Waals surface area contributed by atoms with Crippen LogP contribution in [0.3, 0.4) is 0 Å². The average Bonchev–Trinajstić information content (AvgIpc) is 2.84. The van der Waals surface area contributed by atoms with Crippen molar-refractivity contribution in [2.75, 3.05) is 13.2 Å². The van der Waals surface area contributed by atoms with Crippen LogP contribution in [0.2, 0.25) is 0 Å². The van der Waals surface area contributed by atoms with Gasteiger partial charge in [0.05, 0.1) is 6.61 Å². The molecule has 0 radical (unpaired) electrons.